The third-order valence-electron chi connectivity index (χ3n) is 6.09. The highest BCUT2D eigenvalue weighted by molar-refractivity contribution is 6.55. The molecule has 0 aliphatic heterocycles. The number of hydrogen-bond donors (Lipinski definition) is 2. The van der Waals surface area contributed by atoms with E-state index in [1.807, 2.05) is 0 Å². The Labute approximate surface area is 229 Å². The van der Waals surface area contributed by atoms with Crippen LogP contribution in [0, 0.1) is 11.6 Å². The number of hydrogen-bond acceptors (Lipinski definition) is 2. The maximum atomic E-state index is 14.6. The van der Waals surface area contributed by atoms with Gasteiger partial charge >= 0.3 is 0 Å². The summed E-state index contributed by atoms with van der Waals surface area (Å²) in [7, 11) is 0. The predicted molar refractivity (Wildman–Crippen MR) is 140 cm³/mol. The Morgan fingerprint density at radius 3 is 2.22 bits per heavy atom. The molecule has 2 unspecified atom stereocenters. The van der Waals surface area contributed by atoms with E-state index in [-0.39, 0.29) is 21.8 Å². The summed E-state index contributed by atoms with van der Waals surface area (Å²) >= 11 is 31.7. The molecule has 1 saturated carbocycles. The SMILES string of the molecule is C=Cc1c(F)ccc(NC(=O)c2cc(C3(C(N)=O)C(c4cc(Cl)cc(Cl)c4)C3(Cl)Cl)ccc2Cl)c1F. The molecule has 1 aliphatic carbocycles. The molecule has 0 spiro atoms. The lowest BCUT2D eigenvalue weighted by atomic mass is 9.88. The molecule has 1 fully saturated rings. The van der Waals surface area contributed by atoms with E-state index in [1.165, 1.54) is 24.3 Å². The first-order valence-corrected chi connectivity index (χ1v) is 12.1. The summed E-state index contributed by atoms with van der Waals surface area (Å²) in [4.78, 5) is 25.9. The molecular formula is C25H15Cl5F2N2O2. The minimum Gasteiger partial charge on any atom is -0.369 e. The van der Waals surface area contributed by atoms with Gasteiger partial charge in [0.05, 0.1) is 16.3 Å². The highest BCUT2D eigenvalue weighted by Gasteiger charge is 2.80. The molecule has 3 aromatic carbocycles. The van der Waals surface area contributed by atoms with Crippen LogP contribution in [0.5, 0.6) is 0 Å². The summed E-state index contributed by atoms with van der Waals surface area (Å²) in [5.41, 5.74) is 3.95. The molecular weight excluding hydrogens is 576 g/mol. The molecule has 1 aliphatic rings. The Bertz CT molecular complexity index is 1430. The molecule has 0 bridgehead atoms. The van der Waals surface area contributed by atoms with Gasteiger partial charge in [0.1, 0.15) is 15.6 Å². The van der Waals surface area contributed by atoms with E-state index in [9.17, 15) is 18.4 Å². The van der Waals surface area contributed by atoms with Gasteiger partial charge in [0.25, 0.3) is 5.91 Å². The number of carbonyl (C=O) groups excluding carboxylic acids is 2. The van der Waals surface area contributed by atoms with Crippen molar-refractivity contribution in [1.29, 1.82) is 0 Å². The lowest BCUT2D eigenvalue weighted by molar-refractivity contribution is -0.120. The van der Waals surface area contributed by atoms with E-state index in [0.717, 1.165) is 18.2 Å². The molecule has 4 nitrogen and oxygen atoms in total. The first kappa shape index (κ1) is 26.7. The highest BCUT2D eigenvalue weighted by atomic mass is 35.5. The Balaban J connectivity index is 1.78. The van der Waals surface area contributed by atoms with Gasteiger partial charge in [-0.2, -0.15) is 0 Å². The smallest absolute Gasteiger partial charge is 0.257 e. The van der Waals surface area contributed by atoms with E-state index in [1.54, 1.807) is 12.1 Å². The molecule has 3 aromatic rings. The molecule has 2 amide bonds. The zero-order valence-electron chi connectivity index (χ0n) is 18.0. The summed E-state index contributed by atoms with van der Waals surface area (Å²) in [6.07, 6.45) is 0.987. The number of primary amides is 1. The molecule has 0 heterocycles. The minimum atomic E-state index is -1.71. The number of amides is 2. The molecule has 3 N–H and O–H groups in total. The third-order valence-corrected chi connectivity index (χ3v) is 7.89. The summed E-state index contributed by atoms with van der Waals surface area (Å²) in [6, 6.07) is 10.8. The quantitative estimate of drug-likeness (QED) is 0.292. The van der Waals surface area contributed by atoms with Crippen molar-refractivity contribution in [3.63, 3.8) is 0 Å². The average Bonchev–Trinajstić information content (AvgIpc) is 3.33. The van der Waals surface area contributed by atoms with Gasteiger partial charge in [0.15, 0.2) is 5.82 Å². The molecule has 2 atom stereocenters. The predicted octanol–water partition coefficient (Wildman–Crippen LogP) is 7.51. The van der Waals surface area contributed by atoms with Gasteiger partial charge in [-0.05, 0) is 53.6 Å². The van der Waals surface area contributed by atoms with Gasteiger partial charge in [-0.3, -0.25) is 9.59 Å². The van der Waals surface area contributed by atoms with E-state index in [4.69, 9.17) is 63.7 Å². The van der Waals surface area contributed by atoms with Crippen LogP contribution in [-0.4, -0.2) is 16.1 Å². The number of rotatable bonds is 6. The summed E-state index contributed by atoms with van der Waals surface area (Å²) < 4.78 is 26.7. The number of carbonyl (C=O) groups is 2. The van der Waals surface area contributed by atoms with E-state index in [0.29, 0.717) is 15.6 Å². The Morgan fingerprint density at radius 2 is 1.64 bits per heavy atom. The Hall–Kier alpha value is -2.35. The van der Waals surface area contributed by atoms with Crippen molar-refractivity contribution in [3.8, 4) is 0 Å². The number of alkyl halides is 2. The van der Waals surface area contributed by atoms with Crippen LogP contribution in [0.3, 0.4) is 0 Å². The maximum Gasteiger partial charge on any atom is 0.257 e. The molecule has 0 saturated heterocycles. The van der Waals surface area contributed by atoms with Crippen molar-refractivity contribution in [3.05, 3.63) is 104 Å². The number of halogens is 7. The monoisotopic (exact) mass is 588 g/mol. The van der Waals surface area contributed by atoms with Crippen molar-refractivity contribution >= 4 is 81.6 Å². The van der Waals surface area contributed by atoms with Gasteiger partial charge in [-0.15, -0.1) is 0 Å². The largest absolute Gasteiger partial charge is 0.369 e. The highest BCUT2D eigenvalue weighted by Crippen LogP contribution is 2.74. The zero-order chi connectivity index (χ0) is 26.6. The van der Waals surface area contributed by atoms with E-state index < -0.39 is 44.7 Å². The second kappa shape index (κ2) is 9.51. The van der Waals surface area contributed by atoms with Crippen LogP contribution in [0.2, 0.25) is 15.1 Å². The average molecular weight is 591 g/mol. The van der Waals surface area contributed by atoms with Crippen LogP contribution in [0.25, 0.3) is 6.08 Å². The normalized spacial score (nSPS) is 20.0. The fourth-order valence-electron chi connectivity index (χ4n) is 4.40. The van der Waals surface area contributed by atoms with Crippen LogP contribution in [0.15, 0.2) is 55.1 Å². The molecule has 11 heteroatoms. The van der Waals surface area contributed by atoms with E-state index in [2.05, 4.69) is 11.9 Å². The lowest BCUT2D eigenvalue weighted by Crippen LogP contribution is -2.34. The summed E-state index contributed by atoms with van der Waals surface area (Å²) in [5, 5.41) is 2.92. The van der Waals surface area contributed by atoms with Gasteiger partial charge in [0.2, 0.25) is 5.91 Å². The minimum absolute atomic E-state index is 0.0138. The van der Waals surface area contributed by atoms with E-state index >= 15 is 0 Å². The van der Waals surface area contributed by atoms with Crippen molar-refractivity contribution in [2.45, 2.75) is 15.7 Å². The second-order valence-electron chi connectivity index (χ2n) is 8.11. The lowest BCUT2D eigenvalue weighted by Gasteiger charge is -2.17. The second-order valence-corrected chi connectivity index (χ2v) is 10.8. The van der Waals surface area contributed by atoms with Gasteiger partial charge in [-0.1, -0.05) is 76.7 Å². The maximum absolute atomic E-state index is 14.6. The van der Waals surface area contributed by atoms with Crippen molar-refractivity contribution in [2.24, 2.45) is 5.73 Å². The van der Waals surface area contributed by atoms with Gasteiger partial charge < -0.3 is 11.1 Å². The van der Waals surface area contributed by atoms with Crippen LogP contribution in [-0.2, 0) is 10.2 Å². The fraction of sp³-hybridized carbons (Fsp3) is 0.120. The summed E-state index contributed by atoms with van der Waals surface area (Å²) in [5.74, 6) is -4.41. The van der Waals surface area contributed by atoms with Crippen molar-refractivity contribution in [1.82, 2.24) is 0 Å². The number of nitrogens with one attached hydrogen (secondary N) is 1. The molecule has 36 heavy (non-hydrogen) atoms. The van der Waals surface area contributed by atoms with Gasteiger partial charge in [-0.25, -0.2) is 8.78 Å². The summed E-state index contributed by atoms with van der Waals surface area (Å²) in [6.45, 7) is 3.36. The molecule has 0 radical (unpaired) electrons. The third kappa shape index (κ3) is 4.15. The fourth-order valence-corrected chi connectivity index (χ4v) is 6.24. The molecule has 0 aromatic heterocycles. The van der Waals surface area contributed by atoms with Crippen LogP contribution in [0.1, 0.15) is 33.0 Å². The topological polar surface area (TPSA) is 72.2 Å². The van der Waals surface area contributed by atoms with Crippen LogP contribution in [0.4, 0.5) is 14.5 Å². The number of anilines is 1. The Morgan fingerprint density at radius 1 is 1.00 bits per heavy atom. The zero-order valence-corrected chi connectivity index (χ0v) is 21.8. The Kier molecular flexibility index (Phi) is 7.05. The number of benzene rings is 3. The van der Waals surface area contributed by atoms with Crippen LogP contribution >= 0.6 is 58.0 Å². The van der Waals surface area contributed by atoms with Crippen molar-refractivity contribution in [2.75, 3.05) is 5.32 Å². The molecule has 186 valence electrons. The van der Waals surface area contributed by atoms with Crippen LogP contribution < -0.4 is 11.1 Å². The molecule has 4 rings (SSSR count). The van der Waals surface area contributed by atoms with Crippen molar-refractivity contribution < 1.29 is 18.4 Å². The number of nitrogens with two attached hydrogens (primary N) is 1. The standard InChI is InChI=1S/C25H15Cl5F2N2O2/c1-2-15-18(31)5-6-19(20(15)32)34-22(35)16-9-12(3-4-17(16)28)24(23(33)36)21(25(24,29)30)11-7-13(26)10-14(27)8-11/h2-10,21H,1H2,(H2,33,36)(H,34,35). The van der Waals surface area contributed by atoms with Gasteiger partial charge in [0, 0.05) is 21.5 Å². The first-order valence-electron chi connectivity index (χ1n) is 10.2. The first-order chi connectivity index (χ1) is 16.9.